The molecule has 120 valence electrons. The molecular weight excluding hydrogens is 266 g/mol. The summed E-state index contributed by atoms with van der Waals surface area (Å²) in [5.41, 5.74) is -0.630. The third kappa shape index (κ3) is 6.36. The Hall–Kier alpha value is -1.26. The summed E-state index contributed by atoms with van der Waals surface area (Å²) in [4.78, 5) is 2.21. The Morgan fingerprint density at radius 1 is 1.19 bits per heavy atom. The van der Waals surface area contributed by atoms with Gasteiger partial charge in [0.15, 0.2) is 11.5 Å². The van der Waals surface area contributed by atoms with Crippen LogP contribution < -0.4 is 9.47 Å². The van der Waals surface area contributed by atoms with E-state index in [9.17, 15) is 5.11 Å². The number of hydrogen-bond donors (Lipinski definition) is 1. The zero-order valence-electron chi connectivity index (χ0n) is 13.8. The molecule has 1 aromatic rings. The van der Waals surface area contributed by atoms with Gasteiger partial charge in [-0.25, -0.2) is 0 Å². The van der Waals surface area contributed by atoms with E-state index in [0.29, 0.717) is 13.2 Å². The first-order valence-electron chi connectivity index (χ1n) is 7.73. The van der Waals surface area contributed by atoms with Gasteiger partial charge in [0.05, 0.1) is 12.7 Å². The zero-order valence-corrected chi connectivity index (χ0v) is 13.8. The minimum Gasteiger partial charge on any atom is -0.493 e. The second-order valence-electron chi connectivity index (χ2n) is 5.62. The van der Waals surface area contributed by atoms with Crippen LogP contribution in [0.15, 0.2) is 24.3 Å². The highest BCUT2D eigenvalue weighted by Gasteiger charge is 2.22. The second kappa shape index (κ2) is 8.90. The lowest BCUT2D eigenvalue weighted by atomic mass is 10.00. The first kappa shape index (κ1) is 17.8. The molecule has 0 radical (unpaired) electrons. The van der Waals surface area contributed by atoms with Gasteiger partial charge in [0.1, 0.15) is 6.61 Å². The smallest absolute Gasteiger partial charge is 0.161 e. The molecule has 0 aromatic heterocycles. The van der Waals surface area contributed by atoms with Crippen molar-refractivity contribution in [3.63, 3.8) is 0 Å². The van der Waals surface area contributed by atoms with Crippen LogP contribution in [0, 0.1) is 0 Å². The van der Waals surface area contributed by atoms with Gasteiger partial charge in [-0.3, -0.25) is 4.90 Å². The lowest BCUT2D eigenvalue weighted by Gasteiger charge is -2.30. The number of ether oxygens (including phenoxy) is 2. The third-order valence-corrected chi connectivity index (χ3v) is 3.53. The molecule has 1 N–H and O–H groups in total. The molecule has 1 rings (SSSR count). The Labute approximate surface area is 128 Å². The second-order valence-corrected chi connectivity index (χ2v) is 5.62. The predicted molar refractivity (Wildman–Crippen MR) is 86.1 cm³/mol. The van der Waals surface area contributed by atoms with E-state index in [1.165, 1.54) is 0 Å². The van der Waals surface area contributed by atoms with E-state index in [-0.39, 0.29) is 0 Å². The average Bonchev–Trinajstić information content (AvgIpc) is 2.46. The summed E-state index contributed by atoms with van der Waals surface area (Å²) in [6.45, 7) is 9.04. The molecule has 0 saturated heterocycles. The van der Waals surface area contributed by atoms with Crippen molar-refractivity contribution in [1.82, 2.24) is 4.90 Å². The van der Waals surface area contributed by atoms with Crippen LogP contribution in [0.4, 0.5) is 0 Å². The highest BCUT2D eigenvalue weighted by molar-refractivity contribution is 5.39. The molecule has 0 unspecified atom stereocenters. The lowest BCUT2D eigenvalue weighted by Crippen LogP contribution is -2.42. The Morgan fingerprint density at radius 2 is 1.86 bits per heavy atom. The fraction of sp³-hybridized carbons (Fsp3) is 0.647. The molecular formula is C17H29NO3. The molecule has 0 saturated carbocycles. The molecule has 1 atom stereocenters. The molecule has 4 nitrogen and oxygen atoms in total. The molecule has 21 heavy (non-hydrogen) atoms. The molecule has 0 aliphatic heterocycles. The lowest BCUT2D eigenvalue weighted by molar-refractivity contribution is 0.0101. The van der Waals surface area contributed by atoms with Crippen molar-refractivity contribution in [2.24, 2.45) is 0 Å². The summed E-state index contributed by atoms with van der Waals surface area (Å²) in [6.07, 6.45) is 1.80. The van der Waals surface area contributed by atoms with Crippen molar-refractivity contribution in [2.75, 3.05) is 33.4 Å². The van der Waals surface area contributed by atoms with Gasteiger partial charge in [-0.2, -0.15) is 0 Å². The van der Waals surface area contributed by atoms with E-state index in [1.54, 1.807) is 7.11 Å². The van der Waals surface area contributed by atoms with Gasteiger partial charge < -0.3 is 14.6 Å². The Morgan fingerprint density at radius 3 is 2.43 bits per heavy atom. The number of benzene rings is 1. The summed E-state index contributed by atoms with van der Waals surface area (Å²) in [5.74, 6) is 1.51. The highest BCUT2D eigenvalue weighted by atomic mass is 16.5. The van der Waals surface area contributed by atoms with Crippen LogP contribution in [0.25, 0.3) is 0 Å². The summed E-state index contributed by atoms with van der Waals surface area (Å²) in [7, 11) is 1.64. The van der Waals surface area contributed by atoms with E-state index in [2.05, 4.69) is 18.7 Å². The third-order valence-electron chi connectivity index (χ3n) is 3.53. The summed E-state index contributed by atoms with van der Waals surface area (Å²) >= 11 is 0. The van der Waals surface area contributed by atoms with Crippen molar-refractivity contribution < 1.29 is 14.6 Å². The van der Waals surface area contributed by atoms with E-state index in [0.717, 1.165) is 37.4 Å². The van der Waals surface area contributed by atoms with Gasteiger partial charge in [0, 0.05) is 13.1 Å². The van der Waals surface area contributed by atoms with Crippen molar-refractivity contribution >= 4 is 0 Å². The van der Waals surface area contributed by atoms with E-state index < -0.39 is 5.60 Å². The highest BCUT2D eigenvalue weighted by Crippen LogP contribution is 2.25. The minimum atomic E-state index is -0.630. The number of methoxy groups -OCH3 is 1. The first-order valence-corrected chi connectivity index (χ1v) is 7.73. The van der Waals surface area contributed by atoms with Gasteiger partial charge in [-0.15, -0.1) is 0 Å². The minimum absolute atomic E-state index is 0.580. The molecule has 1 aromatic carbocycles. The maximum Gasteiger partial charge on any atom is 0.161 e. The van der Waals surface area contributed by atoms with Crippen LogP contribution >= 0.6 is 0 Å². The van der Waals surface area contributed by atoms with Crippen LogP contribution in [-0.4, -0.2) is 49.0 Å². The SMILES string of the molecule is CCC[C@@](C)(O)CN(CC)CCOc1ccccc1OC. The van der Waals surface area contributed by atoms with Gasteiger partial charge in [-0.05, 0) is 32.0 Å². The monoisotopic (exact) mass is 295 g/mol. The summed E-state index contributed by atoms with van der Waals surface area (Å²) < 4.78 is 11.0. The molecule has 0 fully saturated rings. The summed E-state index contributed by atoms with van der Waals surface area (Å²) in [5, 5.41) is 10.3. The Kier molecular flexibility index (Phi) is 7.54. The number of aliphatic hydroxyl groups is 1. The average molecular weight is 295 g/mol. The maximum atomic E-state index is 10.3. The van der Waals surface area contributed by atoms with E-state index >= 15 is 0 Å². The van der Waals surface area contributed by atoms with Crippen LogP contribution in [0.2, 0.25) is 0 Å². The van der Waals surface area contributed by atoms with Crippen molar-refractivity contribution in [3.8, 4) is 11.5 Å². The topological polar surface area (TPSA) is 41.9 Å². The standard InChI is InChI=1S/C17H29NO3/c1-5-11-17(3,19)14-18(6-2)12-13-21-16-10-8-7-9-15(16)20-4/h7-10,19H,5-6,11-14H2,1-4H3/t17-/m1/s1. The zero-order chi connectivity index (χ0) is 15.7. The molecule has 0 bridgehead atoms. The van der Waals surface area contributed by atoms with Crippen LogP contribution in [0.1, 0.15) is 33.6 Å². The van der Waals surface area contributed by atoms with Crippen LogP contribution in [0.3, 0.4) is 0 Å². The van der Waals surface area contributed by atoms with Crippen molar-refractivity contribution in [3.05, 3.63) is 24.3 Å². The van der Waals surface area contributed by atoms with E-state index in [1.807, 2.05) is 31.2 Å². The number of likely N-dealkylation sites (N-methyl/N-ethyl adjacent to an activating group) is 1. The molecule has 0 aliphatic carbocycles. The number of nitrogens with zero attached hydrogens (tertiary/aromatic N) is 1. The van der Waals surface area contributed by atoms with Gasteiger partial charge in [-0.1, -0.05) is 32.4 Å². The largest absolute Gasteiger partial charge is 0.493 e. The van der Waals surface area contributed by atoms with Crippen molar-refractivity contribution in [1.29, 1.82) is 0 Å². The van der Waals surface area contributed by atoms with E-state index in [4.69, 9.17) is 9.47 Å². The Bertz CT molecular complexity index is 407. The summed E-state index contributed by atoms with van der Waals surface area (Å²) in [6, 6.07) is 7.65. The molecule has 0 heterocycles. The van der Waals surface area contributed by atoms with Crippen LogP contribution in [-0.2, 0) is 0 Å². The number of para-hydroxylation sites is 2. The van der Waals surface area contributed by atoms with Crippen molar-refractivity contribution in [2.45, 2.75) is 39.2 Å². The van der Waals surface area contributed by atoms with Crippen LogP contribution in [0.5, 0.6) is 11.5 Å². The normalized spacial score (nSPS) is 14.0. The number of hydrogen-bond acceptors (Lipinski definition) is 4. The fourth-order valence-corrected chi connectivity index (χ4v) is 2.47. The maximum absolute atomic E-state index is 10.3. The fourth-order valence-electron chi connectivity index (χ4n) is 2.47. The molecule has 4 heteroatoms. The predicted octanol–water partition coefficient (Wildman–Crippen LogP) is 2.95. The molecule has 0 spiro atoms. The number of rotatable bonds is 10. The Balaban J connectivity index is 2.45. The first-order chi connectivity index (χ1) is 10.0. The van der Waals surface area contributed by atoms with Gasteiger partial charge in [0.25, 0.3) is 0 Å². The molecule has 0 aliphatic rings. The van der Waals surface area contributed by atoms with Gasteiger partial charge in [0.2, 0.25) is 0 Å². The quantitative estimate of drug-likeness (QED) is 0.720. The molecule has 0 amide bonds. The van der Waals surface area contributed by atoms with Gasteiger partial charge >= 0.3 is 0 Å².